The van der Waals surface area contributed by atoms with Crippen molar-refractivity contribution >= 4 is 11.0 Å². The molecule has 1 fully saturated rings. The predicted molar refractivity (Wildman–Crippen MR) is 112 cm³/mol. The van der Waals surface area contributed by atoms with Crippen LogP contribution in [0.3, 0.4) is 0 Å². The van der Waals surface area contributed by atoms with E-state index in [4.69, 9.17) is 9.47 Å². The average Bonchev–Trinajstić information content (AvgIpc) is 3.36. The summed E-state index contributed by atoms with van der Waals surface area (Å²) >= 11 is 0. The second-order valence-electron chi connectivity index (χ2n) is 7.51. The van der Waals surface area contributed by atoms with Gasteiger partial charge in [0.15, 0.2) is 0 Å². The van der Waals surface area contributed by atoms with Crippen LogP contribution in [0.5, 0.6) is 5.75 Å². The number of nitrogens with zero attached hydrogens (tertiary/aromatic N) is 2. The summed E-state index contributed by atoms with van der Waals surface area (Å²) in [6.45, 7) is 6.62. The number of hydrogen-bond donors (Lipinski definition) is 1. The van der Waals surface area contributed by atoms with E-state index in [9.17, 15) is 0 Å². The summed E-state index contributed by atoms with van der Waals surface area (Å²) in [7, 11) is 2.18. The lowest BCUT2D eigenvalue weighted by Gasteiger charge is -2.26. The van der Waals surface area contributed by atoms with Gasteiger partial charge in [-0.2, -0.15) is 0 Å². The van der Waals surface area contributed by atoms with E-state index < -0.39 is 0 Å². The molecule has 0 spiro atoms. The molecule has 1 unspecified atom stereocenters. The van der Waals surface area contributed by atoms with E-state index in [1.165, 1.54) is 22.2 Å². The second-order valence-corrected chi connectivity index (χ2v) is 7.51. The first kappa shape index (κ1) is 19.0. The third-order valence-corrected chi connectivity index (χ3v) is 5.70. The van der Waals surface area contributed by atoms with Crippen LogP contribution < -0.4 is 4.74 Å². The van der Waals surface area contributed by atoms with Gasteiger partial charge in [-0.1, -0.05) is 12.1 Å². The smallest absolute Gasteiger partial charge is 0.137 e. The number of benzene rings is 1. The Hall–Kier alpha value is -2.37. The van der Waals surface area contributed by atoms with Gasteiger partial charge in [0.2, 0.25) is 0 Å². The van der Waals surface area contributed by atoms with Crippen LogP contribution in [0.2, 0.25) is 0 Å². The van der Waals surface area contributed by atoms with Crippen molar-refractivity contribution in [3.63, 3.8) is 0 Å². The summed E-state index contributed by atoms with van der Waals surface area (Å²) in [4.78, 5) is 10.4. The van der Waals surface area contributed by atoms with E-state index in [1.54, 1.807) is 0 Å². The Labute approximate surface area is 166 Å². The van der Waals surface area contributed by atoms with Crippen LogP contribution in [0.25, 0.3) is 11.0 Å². The number of hydrogen-bond acceptors (Lipinski definition) is 4. The van der Waals surface area contributed by atoms with Gasteiger partial charge in [0.05, 0.1) is 18.4 Å². The zero-order valence-corrected chi connectivity index (χ0v) is 16.9. The van der Waals surface area contributed by atoms with Gasteiger partial charge >= 0.3 is 0 Å². The Morgan fingerprint density at radius 1 is 1.29 bits per heavy atom. The van der Waals surface area contributed by atoms with Crippen LogP contribution in [-0.2, 0) is 11.3 Å². The van der Waals surface area contributed by atoms with E-state index >= 15 is 0 Å². The van der Waals surface area contributed by atoms with Crippen LogP contribution in [-0.4, -0.2) is 35.1 Å². The van der Waals surface area contributed by atoms with Gasteiger partial charge in [-0.15, -0.1) is 0 Å². The maximum atomic E-state index is 5.98. The molecule has 0 saturated carbocycles. The fraction of sp³-hybridized carbons (Fsp3) is 0.435. The Balaban J connectivity index is 1.58. The van der Waals surface area contributed by atoms with Crippen molar-refractivity contribution < 1.29 is 9.47 Å². The largest absolute Gasteiger partial charge is 0.494 e. The molecule has 0 radical (unpaired) electrons. The zero-order valence-electron chi connectivity index (χ0n) is 16.9. The van der Waals surface area contributed by atoms with Gasteiger partial charge in [-0.25, -0.2) is 4.98 Å². The summed E-state index contributed by atoms with van der Waals surface area (Å²) in [6.07, 6.45) is 4.18. The van der Waals surface area contributed by atoms with E-state index in [0.717, 1.165) is 37.4 Å². The summed E-state index contributed by atoms with van der Waals surface area (Å²) in [5.74, 6) is 0.921. The van der Waals surface area contributed by atoms with Gasteiger partial charge in [0, 0.05) is 30.8 Å². The lowest BCUT2D eigenvalue weighted by Crippen LogP contribution is -2.22. The number of fused-ring (bicyclic) bond motifs is 1. The van der Waals surface area contributed by atoms with Crippen molar-refractivity contribution in [2.24, 2.45) is 0 Å². The third-order valence-electron chi connectivity index (χ3n) is 5.70. The molecule has 0 amide bonds. The Kier molecular flexibility index (Phi) is 5.64. The van der Waals surface area contributed by atoms with Crippen LogP contribution in [0.15, 0.2) is 42.6 Å². The molecule has 3 aromatic rings. The maximum Gasteiger partial charge on any atom is 0.137 e. The molecule has 1 aliphatic heterocycles. The normalized spacial score (nSPS) is 18.1. The van der Waals surface area contributed by atoms with Crippen molar-refractivity contribution in [3.05, 3.63) is 59.4 Å². The highest BCUT2D eigenvalue weighted by Gasteiger charge is 2.26. The maximum absolute atomic E-state index is 5.98. The summed E-state index contributed by atoms with van der Waals surface area (Å²) < 4.78 is 11.5. The van der Waals surface area contributed by atoms with Gasteiger partial charge in [0.25, 0.3) is 0 Å². The number of pyridine rings is 1. The first-order chi connectivity index (χ1) is 13.7. The quantitative estimate of drug-likeness (QED) is 0.627. The first-order valence-electron chi connectivity index (χ1n) is 10.2. The monoisotopic (exact) mass is 379 g/mol. The molecule has 1 aromatic carbocycles. The van der Waals surface area contributed by atoms with E-state index in [2.05, 4.69) is 59.2 Å². The predicted octanol–water partition coefficient (Wildman–Crippen LogP) is 5.01. The van der Waals surface area contributed by atoms with E-state index in [1.807, 2.05) is 19.2 Å². The Morgan fingerprint density at radius 2 is 2.11 bits per heavy atom. The van der Waals surface area contributed by atoms with Gasteiger partial charge < -0.3 is 14.5 Å². The molecule has 4 rings (SSSR count). The van der Waals surface area contributed by atoms with E-state index in [-0.39, 0.29) is 12.1 Å². The second kappa shape index (κ2) is 8.33. The lowest BCUT2D eigenvalue weighted by molar-refractivity contribution is 0.107. The number of aromatic amines is 1. The Bertz CT molecular complexity index is 913. The van der Waals surface area contributed by atoms with Crippen molar-refractivity contribution in [3.8, 4) is 5.75 Å². The summed E-state index contributed by atoms with van der Waals surface area (Å²) in [6, 6.07) is 12.9. The molecule has 0 aliphatic carbocycles. The van der Waals surface area contributed by atoms with Crippen molar-refractivity contribution in [2.75, 3.05) is 20.3 Å². The molecule has 5 nitrogen and oxygen atoms in total. The number of aromatic nitrogens is 2. The molecule has 28 heavy (non-hydrogen) atoms. The number of rotatable bonds is 7. The summed E-state index contributed by atoms with van der Waals surface area (Å²) in [5.41, 5.74) is 4.72. The van der Waals surface area contributed by atoms with E-state index in [0.29, 0.717) is 6.61 Å². The highest BCUT2D eigenvalue weighted by molar-refractivity contribution is 5.81. The first-order valence-corrected chi connectivity index (χ1v) is 10.2. The molecular weight excluding hydrogens is 350 g/mol. The van der Waals surface area contributed by atoms with Crippen molar-refractivity contribution in [1.29, 1.82) is 0 Å². The van der Waals surface area contributed by atoms with Gasteiger partial charge in [0.1, 0.15) is 11.4 Å². The highest BCUT2D eigenvalue weighted by Crippen LogP contribution is 2.35. The molecule has 5 heteroatoms. The minimum absolute atomic E-state index is 0.151. The lowest BCUT2D eigenvalue weighted by atomic mass is 10.0. The molecule has 148 valence electrons. The molecule has 2 aromatic heterocycles. The molecule has 0 bridgehead atoms. The minimum atomic E-state index is 0.151. The number of nitrogens with one attached hydrogen (secondary N) is 1. The number of ether oxygens (including phenoxy) is 2. The zero-order chi connectivity index (χ0) is 19.5. The molecule has 1 saturated heterocycles. The third kappa shape index (κ3) is 3.77. The highest BCUT2D eigenvalue weighted by atomic mass is 16.5. The Morgan fingerprint density at radius 3 is 2.82 bits per heavy atom. The van der Waals surface area contributed by atoms with Crippen LogP contribution >= 0.6 is 0 Å². The number of H-pyrrole nitrogens is 1. The fourth-order valence-corrected chi connectivity index (χ4v) is 4.00. The minimum Gasteiger partial charge on any atom is -0.494 e. The molecule has 1 N–H and O–H groups in total. The van der Waals surface area contributed by atoms with Crippen LogP contribution in [0.4, 0.5) is 0 Å². The topological polar surface area (TPSA) is 50.4 Å². The van der Waals surface area contributed by atoms with Crippen LogP contribution in [0, 0.1) is 0 Å². The molecule has 1 aliphatic rings. The average molecular weight is 380 g/mol. The van der Waals surface area contributed by atoms with Crippen molar-refractivity contribution in [2.45, 2.75) is 45.4 Å². The van der Waals surface area contributed by atoms with Crippen LogP contribution in [0.1, 0.15) is 55.7 Å². The van der Waals surface area contributed by atoms with Crippen molar-refractivity contribution in [1.82, 2.24) is 14.9 Å². The molecule has 3 heterocycles. The SMILES string of the molecule is CCOc1ccc(C(C)N(C)Cc2c([C@H]3CCCO3)[nH]c3ncccc23)cc1. The summed E-state index contributed by atoms with van der Waals surface area (Å²) in [5, 5.41) is 1.19. The van der Waals surface area contributed by atoms with Gasteiger partial charge in [-0.3, -0.25) is 4.90 Å². The molecule has 2 atom stereocenters. The fourth-order valence-electron chi connectivity index (χ4n) is 4.00. The standard InChI is InChI=1S/C23H29N3O2/c1-4-27-18-11-9-17(10-12-18)16(2)26(3)15-20-19-7-5-13-24-23(19)25-22(20)21-8-6-14-28-21/h5,7,9-13,16,21H,4,6,8,14-15H2,1-3H3,(H,24,25)/t16?,21-/m1/s1. The van der Waals surface area contributed by atoms with Gasteiger partial charge in [-0.05, 0) is 69.1 Å². The molecular formula is C23H29N3O2.